The first kappa shape index (κ1) is 21.2. The van der Waals surface area contributed by atoms with E-state index in [2.05, 4.69) is 16.2 Å². The summed E-state index contributed by atoms with van der Waals surface area (Å²) in [5, 5.41) is 5.19. The van der Waals surface area contributed by atoms with Crippen LogP contribution in [-0.2, 0) is 9.53 Å². The normalized spacial score (nSPS) is 15.6. The molecule has 7 heteroatoms. The van der Waals surface area contributed by atoms with Gasteiger partial charge in [0, 0.05) is 5.56 Å². The second-order valence-corrected chi connectivity index (χ2v) is 7.74. The number of nitrogens with one attached hydrogen (secondary N) is 1. The minimum absolute atomic E-state index is 0.127. The van der Waals surface area contributed by atoms with Gasteiger partial charge < -0.3 is 14.8 Å². The highest BCUT2D eigenvalue weighted by Gasteiger charge is 2.25. The Morgan fingerprint density at radius 1 is 1.16 bits per heavy atom. The fourth-order valence-corrected chi connectivity index (χ4v) is 4.01. The van der Waals surface area contributed by atoms with Crippen LogP contribution in [0.3, 0.4) is 0 Å². The van der Waals surface area contributed by atoms with E-state index in [1.54, 1.807) is 30.3 Å². The molecule has 0 radical (unpaired) electrons. The van der Waals surface area contributed by atoms with Crippen LogP contribution in [-0.4, -0.2) is 30.8 Å². The number of terminal acetylenes is 1. The number of carbonyl (C=O) groups is 2. The molecule has 158 valence electrons. The summed E-state index contributed by atoms with van der Waals surface area (Å²) >= 11 is 1.23. The molecule has 6 nitrogen and oxygen atoms in total. The number of ether oxygens (including phenoxy) is 2. The number of amidine groups is 1. The molecule has 1 saturated heterocycles. The quantitative estimate of drug-likeness (QED) is 0.357. The molecule has 1 heterocycles. The van der Waals surface area contributed by atoms with Crippen LogP contribution >= 0.6 is 11.8 Å². The Morgan fingerprint density at radius 2 is 1.94 bits per heavy atom. The lowest BCUT2D eigenvalue weighted by Crippen LogP contribution is -2.19. The highest BCUT2D eigenvalue weighted by Crippen LogP contribution is 2.34. The molecule has 3 aromatic carbocycles. The van der Waals surface area contributed by atoms with Gasteiger partial charge in [0.25, 0.3) is 5.91 Å². The van der Waals surface area contributed by atoms with E-state index >= 15 is 0 Å². The molecule has 1 fully saturated rings. The predicted octanol–water partition coefficient (Wildman–Crippen LogP) is 4.53. The van der Waals surface area contributed by atoms with E-state index < -0.39 is 5.97 Å². The minimum atomic E-state index is -0.420. The molecular formula is C25H18N2O4S. The van der Waals surface area contributed by atoms with Gasteiger partial charge in [0.15, 0.2) is 5.17 Å². The fraction of sp³-hybridized carbons (Fsp3) is 0.0800. The van der Waals surface area contributed by atoms with Crippen LogP contribution in [0.25, 0.3) is 16.8 Å². The number of aliphatic imine (C=N–C) groups is 1. The molecule has 0 bridgehead atoms. The standard InChI is InChI=1S/C25H18N2O4S/c1-3-14-31-21-13-10-16-6-4-5-7-19(16)20(21)15-22-23(28)27-25(32-22)26-18-11-8-17(9-12-18)24(29)30-2/h1,4-13,15H,14H2,2H3,(H,26,27,28)/b22-15-. The number of methoxy groups -OCH3 is 1. The minimum Gasteiger partial charge on any atom is -0.480 e. The van der Waals surface area contributed by atoms with Crippen molar-refractivity contribution in [2.24, 2.45) is 4.99 Å². The van der Waals surface area contributed by atoms with Crippen LogP contribution in [0, 0.1) is 12.3 Å². The van der Waals surface area contributed by atoms with Crippen molar-refractivity contribution >= 4 is 51.3 Å². The molecule has 3 aromatic rings. The number of amides is 1. The second-order valence-electron chi connectivity index (χ2n) is 6.71. The first-order valence-electron chi connectivity index (χ1n) is 9.65. The number of benzene rings is 3. The molecule has 0 atom stereocenters. The van der Waals surface area contributed by atoms with Gasteiger partial charge in [0.1, 0.15) is 12.4 Å². The number of nitrogens with zero attached hydrogens (tertiary/aromatic N) is 1. The summed E-state index contributed by atoms with van der Waals surface area (Å²) in [6, 6.07) is 18.3. The fourth-order valence-electron chi connectivity index (χ4n) is 3.19. The van der Waals surface area contributed by atoms with Crippen LogP contribution in [0.5, 0.6) is 5.75 Å². The summed E-state index contributed by atoms with van der Waals surface area (Å²) < 4.78 is 10.4. The highest BCUT2D eigenvalue weighted by atomic mass is 32.2. The number of thioether (sulfide) groups is 1. The van der Waals surface area contributed by atoms with Crippen LogP contribution in [0.4, 0.5) is 5.69 Å². The van der Waals surface area contributed by atoms with Crippen molar-refractivity contribution in [3.63, 3.8) is 0 Å². The Bertz CT molecular complexity index is 1300. The van der Waals surface area contributed by atoms with Crippen molar-refractivity contribution in [3.05, 3.63) is 76.7 Å². The van der Waals surface area contributed by atoms with Gasteiger partial charge in [-0.25, -0.2) is 9.79 Å². The number of rotatable bonds is 5. The van der Waals surface area contributed by atoms with E-state index in [0.29, 0.717) is 27.1 Å². The third-order valence-electron chi connectivity index (χ3n) is 4.69. The number of carbonyl (C=O) groups excluding carboxylic acids is 2. The first-order valence-corrected chi connectivity index (χ1v) is 10.5. The van der Waals surface area contributed by atoms with Crippen molar-refractivity contribution in [1.29, 1.82) is 0 Å². The molecule has 0 aliphatic carbocycles. The summed E-state index contributed by atoms with van der Waals surface area (Å²) in [6.45, 7) is 0.127. The van der Waals surface area contributed by atoms with Gasteiger partial charge >= 0.3 is 5.97 Å². The number of esters is 1. The van der Waals surface area contributed by atoms with Crippen molar-refractivity contribution in [1.82, 2.24) is 5.32 Å². The zero-order valence-corrected chi connectivity index (χ0v) is 17.9. The molecule has 0 aromatic heterocycles. The van der Waals surface area contributed by atoms with E-state index in [4.69, 9.17) is 15.9 Å². The topological polar surface area (TPSA) is 77.0 Å². The maximum atomic E-state index is 12.6. The molecule has 1 aliphatic rings. The zero-order chi connectivity index (χ0) is 22.5. The van der Waals surface area contributed by atoms with Gasteiger partial charge in [-0.05, 0) is 58.9 Å². The van der Waals surface area contributed by atoms with Crippen molar-refractivity contribution in [2.75, 3.05) is 13.7 Å². The van der Waals surface area contributed by atoms with E-state index in [-0.39, 0.29) is 12.5 Å². The Kier molecular flexibility index (Phi) is 6.24. The van der Waals surface area contributed by atoms with E-state index in [0.717, 1.165) is 16.3 Å². The molecule has 32 heavy (non-hydrogen) atoms. The Balaban J connectivity index is 1.65. The Labute approximate surface area is 189 Å². The third kappa shape index (κ3) is 4.51. The number of fused-ring (bicyclic) bond motifs is 1. The van der Waals surface area contributed by atoms with Crippen molar-refractivity contribution in [2.45, 2.75) is 0 Å². The second kappa shape index (κ2) is 9.41. The molecule has 0 unspecified atom stereocenters. The summed E-state index contributed by atoms with van der Waals surface area (Å²) in [5.41, 5.74) is 1.81. The van der Waals surface area contributed by atoms with Crippen LogP contribution < -0.4 is 10.1 Å². The largest absolute Gasteiger partial charge is 0.480 e. The lowest BCUT2D eigenvalue weighted by atomic mass is 10.0. The lowest BCUT2D eigenvalue weighted by molar-refractivity contribution is -0.115. The zero-order valence-electron chi connectivity index (χ0n) is 17.1. The van der Waals surface area contributed by atoms with Crippen molar-refractivity contribution < 1.29 is 19.1 Å². The molecule has 0 saturated carbocycles. The first-order chi connectivity index (χ1) is 15.6. The summed E-state index contributed by atoms with van der Waals surface area (Å²) in [4.78, 5) is 29.1. The third-order valence-corrected chi connectivity index (χ3v) is 5.60. The molecule has 0 spiro atoms. The summed E-state index contributed by atoms with van der Waals surface area (Å²) in [5.74, 6) is 2.40. The van der Waals surface area contributed by atoms with Crippen LogP contribution in [0.15, 0.2) is 70.6 Å². The average Bonchev–Trinajstić information content (AvgIpc) is 3.16. The Morgan fingerprint density at radius 3 is 2.69 bits per heavy atom. The van der Waals surface area contributed by atoms with Gasteiger partial charge in [0.2, 0.25) is 0 Å². The van der Waals surface area contributed by atoms with E-state index in [9.17, 15) is 9.59 Å². The molecule has 1 N–H and O–H groups in total. The maximum Gasteiger partial charge on any atom is 0.337 e. The molecule has 1 amide bonds. The molecule has 1 aliphatic heterocycles. The average molecular weight is 442 g/mol. The van der Waals surface area contributed by atoms with Gasteiger partial charge in [0.05, 0.1) is 23.3 Å². The van der Waals surface area contributed by atoms with Gasteiger partial charge in [-0.3, -0.25) is 4.79 Å². The molecule has 4 rings (SSSR count). The summed E-state index contributed by atoms with van der Waals surface area (Å²) in [7, 11) is 1.33. The predicted molar refractivity (Wildman–Crippen MR) is 127 cm³/mol. The number of hydrogen-bond donors (Lipinski definition) is 1. The Hall–Kier alpha value is -4.02. The van der Waals surface area contributed by atoms with Gasteiger partial charge in [-0.2, -0.15) is 0 Å². The maximum absolute atomic E-state index is 12.6. The van der Waals surface area contributed by atoms with Gasteiger partial charge in [-0.15, -0.1) is 6.42 Å². The molecular weight excluding hydrogens is 424 g/mol. The van der Waals surface area contributed by atoms with E-state index in [1.807, 2.05) is 36.4 Å². The van der Waals surface area contributed by atoms with E-state index in [1.165, 1.54) is 18.9 Å². The van der Waals surface area contributed by atoms with Crippen LogP contribution in [0.2, 0.25) is 0 Å². The smallest absolute Gasteiger partial charge is 0.337 e. The lowest BCUT2D eigenvalue weighted by Gasteiger charge is -2.10. The SMILES string of the molecule is C#CCOc1ccc2ccccc2c1/C=C1\SC(=Nc2ccc(C(=O)OC)cc2)NC1=O. The van der Waals surface area contributed by atoms with Crippen molar-refractivity contribution in [3.8, 4) is 18.1 Å². The highest BCUT2D eigenvalue weighted by molar-refractivity contribution is 8.18. The number of hydrogen-bond acceptors (Lipinski definition) is 6. The summed E-state index contributed by atoms with van der Waals surface area (Å²) in [6.07, 6.45) is 7.14. The van der Waals surface area contributed by atoms with Crippen LogP contribution in [0.1, 0.15) is 15.9 Å². The van der Waals surface area contributed by atoms with Gasteiger partial charge in [-0.1, -0.05) is 36.3 Å². The monoisotopic (exact) mass is 442 g/mol.